The number of halogens is 1. The summed E-state index contributed by atoms with van der Waals surface area (Å²) in [6, 6.07) is 6.97. The molecule has 0 spiro atoms. The molecule has 20 heavy (non-hydrogen) atoms. The summed E-state index contributed by atoms with van der Waals surface area (Å²) in [5.41, 5.74) is 1.05. The van der Waals surface area contributed by atoms with Gasteiger partial charge in [-0.25, -0.2) is 13.4 Å². The van der Waals surface area contributed by atoms with E-state index in [2.05, 4.69) is 20.9 Å². The van der Waals surface area contributed by atoms with Gasteiger partial charge < -0.3 is 4.57 Å². The fourth-order valence-electron chi connectivity index (χ4n) is 2.26. The van der Waals surface area contributed by atoms with Crippen molar-refractivity contribution in [2.45, 2.75) is 23.3 Å². The van der Waals surface area contributed by atoms with Crippen molar-refractivity contribution < 1.29 is 8.42 Å². The Kier molecular flexibility index (Phi) is 3.66. The molecule has 0 atom stereocenters. The van der Waals surface area contributed by atoms with E-state index in [4.69, 9.17) is 0 Å². The highest BCUT2D eigenvalue weighted by Gasteiger charge is 2.28. The van der Waals surface area contributed by atoms with Crippen molar-refractivity contribution in [3.05, 3.63) is 48.0 Å². The minimum atomic E-state index is -3.44. The third-order valence-electron chi connectivity index (χ3n) is 3.43. The van der Waals surface area contributed by atoms with Gasteiger partial charge >= 0.3 is 0 Å². The van der Waals surface area contributed by atoms with Gasteiger partial charge in [0.25, 0.3) is 0 Å². The number of hydrogen-bond donors (Lipinski definition) is 0. The van der Waals surface area contributed by atoms with Crippen LogP contribution in [0.1, 0.15) is 11.4 Å². The molecule has 0 fully saturated rings. The van der Waals surface area contributed by atoms with E-state index in [1.807, 2.05) is 22.9 Å². The van der Waals surface area contributed by atoms with E-state index < -0.39 is 10.0 Å². The smallest absolute Gasteiger partial charge is 0.243 e. The maximum atomic E-state index is 12.6. The van der Waals surface area contributed by atoms with Gasteiger partial charge in [-0.3, -0.25) is 0 Å². The van der Waals surface area contributed by atoms with Crippen LogP contribution in [0.4, 0.5) is 0 Å². The molecule has 106 valence electrons. The monoisotopic (exact) mass is 355 g/mol. The van der Waals surface area contributed by atoms with Gasteiger partial charge in [0.2, 0.25) is 10.0 Å². The number of benzene rings is 1. The van der Waals surface area contributed by atoms with E-state index in [0.29, 0.717) is 29.9 Å². The molecule has 0 radical (unpaired) electrons. The van der Waals surface area contributed by atoms with E-state index in [0.717, 1.165) is 11.4 Å². The summed E-state index contributed by atoms with van der Waals surface area (Å²) in [6.45, 7) is 1.45. The summed E-state index contributed by atoms with van der Waals surface area (Å²) >= 11 is 3.35. The Morgan fingerprint density at radius 2 is 1.95 bits per heavy atom. The molecule has 0 saturated heterocycles. The van der Waals surface area contributed by atoms with Crippen LogP contribution >= 0.6 is 15.9 Å². The predicted octanol–water partition coefficient (Wildman–Crippen LogP) is 1.98. The van der Waals surface area contributed by atoms with Crippen molar-refractivity contribution in [1.82, 2.24) is 13.9 Å². The summed E-state index contributed by atoms with van der Waals surface area (Å²) in [5, 5.41) is 0.717. The fourth-order valence-corrected chi connectivity index (χ4v) is 4.02. The first kappa shape index (κ1) is 13.8. The Bertz CT molecular complexity index is 709. The van der Waals surface area contributed by atoms with Crippen molar-refractivity contribution in [3.8, 4) is 0 Å². The summed E-state index contributed by atoms with van der Waals surface area (Å²) in [4.78, 5) is 4.53. The van der Waals surface area contributed by atoms with E-state index in [1.54, 1.807) is 18.3 Å². The Labute approximate surface area is 126 Å². The largest absolute Gasteiger partial charge is 0.333 e. The van der Waals surface area contributed by atoms with Crippen LogP contribution in [0.5, 0.6) is 0 Å². The van der Waals surface area contributed by atoms with Crippen LogP contribution in [0, 0.1) is 0 Å². The lowest BCUT2D eigenvalue weighted by atomic mass is 10.2. The average molecular weight is 356 g/mol. The molecule has 1 aliphatic rings. The number of fused-ring (bicyclic) bond motifs is 1. The Morgan fingerprint density at radius 1 is 1.20 bits per heavy atom. The molecule has 7 heteroatoms. The van der Waals surface area contributed by atoms with Crippen LogP contribution in [-0.4, -0.2) is 28.8 Å². The second kappa shape index (κ2) is 5.31. The minimum Gasteiger partial charge on any atom is -0.333 e. The normalized spacial score (nSPS) is 16.1. The van der Waals surface area contributed by atoms with Crippen LogP contribution < -0.4 is 0 Å². The van der Waals surface area contributed by atoms with Gasteiger partial charge in [-0.2, -0.15) is 4.31 Å². The topological polar surface area (TPSA) is 55.2 Å². The molecule has 2 aromatic rings. The molecule has 3 rings (SSSR count). The second-order valence-corrected chi connectivity index (χ2v) is 7.15. The van der Waals surface area contributed by atoms with E-state index in [9.17, 15) is 8.42 Å². The van der Waals surface area contributed by atoms with Gasteiger partial charge in [0.1, 0.15) is 5.82 Å². The molecule has 1 aliphatic heterocycles. The highest BCUT2D eigenvalue weighted by molar-refractivity contribution is 9.08. The molecule has 0 saturated carbocycles. The quantitative estimate of drug-likeness (QED) is 0.791. The van der Waals surface area contributed by atoms with Crippen LogP contribution in [0.15, 0.2) is 41.6 Å². The first-order valence-electron chi connectivity index (χ1n) is 6.26. The number of rotatable bonds is 3. The third-order valence-corrected chi connectivity index (χ3v) is 5.93. The Morgan fingerprint density at radius 3 is 2.65 bits per heavy atom. The molecule has 2 heterocycles. The van der Waals surface area contributed by atoms with Crippen LogP contribution in [0.25, 0.3) is 0 Å². The van der Waals surface area contributed by atoms with E-state index in [1.165, 1.54) is 4.31 Å². The highest BCUT2D eigenvalue weighted by Crippen LogP contribution is 2.21. The van der Waals surface area contributed by atoms with Gasteiger partial charge in [0.15, 0.2) is 0 Å². The molecule has 5 nitrogen and oxygen atoms in total. The lowest BCUT2D eigenvalue weighted by Gasteiger charge is -2.27. The van der Waals surface area contributed by atoms with Crippen molar-refractivity contribution in [2.24, 2.45) is 0 Å². The molecule has 0 aliphatic carbocycles. The van der Waals surface area contributed by atoms with E-state index >= 15 is 0 Å². The number of imidazole rings is 1. The number of aromatic nitrogens is 2. The van der Waals surface area contributed by atoms with Gasteiger partial charge in [0.05, 0.1) is 11.4 Å². The van der Waals surface area contributed by atoms with Crippen molar-refractivity contribution in [2.75, 3.05) is 6.54 Å². The minimum absolute atomic E-state index is 0.329. The zero-order chi connectivity index (χ0) is 14.2. The van der Waals surface area contributed by atoms with Gasteiger partial charge in [0, 0.05) is 30.8 Å². The zero-order valence-corrected chi connectivity index (χ0v) is 13.1. The number of nitrogens with zero attached hydrogens (tertiary/aromatic N) is 3. The van der Waals surface area contributed by atoms with Crippen LogP contribution in [-0.2, 0) is 28.4 Å². The Balaban J connectivity index is 1.88. The lowest BCUT2D eigenvalue weighted by Crippen LogP contribution is -2.38. The van der Waals surface area contributed by atoms with Crippen LogP contribution in [0.3, 0.4) is 0 Å². The predicted molar refractivity (Wildman–Crippen MR) is 78.9 cm³/mol. The lowest BCUT2D eigenvalue weighted by molar-refractivity contribution is 0.335. The molecular formula is C13H14BrN3O2S. The fraction of sp³-hybridized carbons (Fsp3) is 0.308. The third kappa shape index (κ3) is 2.41. The average Bonchev–Trinajstić information content (AvgIpc) is 2.94. The highest BCUT2D eigenvalue weighted by atomic mass is 79.9. The number of hydrogen-bond acceptors (Lipinski definition) is 3. The van der Waals surface area contributed by atoms with Crippen molar-refractivity contribution in [3.63, 3.8) is 0 Å². The van der Waals surface area contributed by atoms with Crippen molar-refractivity contribution in [1.29, 1.82) is 0 Å². The summed E-state index contributed by atoms with van der Waals surface area (Å²) in [5.74, 6) is 0.789. The molecule has 0 bridgehead atoms. The van der Waals surface area contributed by atoms with Gasteiger partial charge in [-0.15, -0.1) is 0 Å². The second-order valence-electron chi connectivity index (χ2n) is 4.65. The first-order valence-corrected chi connectivity index (χ1v) is 8.82. The number of sulfonamides is 1. The maximum absolute atomic E-state index is 12.6. The molecule has 0 N–H and O–H groups in total. The van der Waals surface area contributed by atoms with Crippen molar-refractivity contribution >= 4 is 26.0 Å². The summed E-state index contributed by atoms with van der Waals surface area (Å²) in [7, 11) is -3.44. The first-order chi connectivity index (χ1) is 9.61. The van der Waals surface area contributed by atoms with Gasteiger partial charge in [-0.05, 0) is 17.7 Å². The van der Waals surface area contributed by atoms with Gasteiger partial charge in [-0.1, -0.05) is 28.1 Å². The van der Waals surface area contributed by atoms with E-state index in [-0.39, 0.29) is 0 Å². The molecular weight excluding hydrogens is 342 g/mol. The zero-order valence-electron chi connectivity index (χ0n) is 10.7. The molecule has 0 unspecified atom stereocenters. The molecule has 1 aromatic carbocycles. The van der Waals surface area contributed by atoms with Crippen LogP contribution in [0.2, 0.25) is 0 Å². The summed E-state index contributed by atoms with van der Waals surface area (Å²) < 4.78 is 28.7. The Hall–Kier alpha value is -1.18. The number of alkyl halides is 1. The summed E-state index contributed by atoms with van der Waals surface area (Å²) in [6.07, 6.45) is 3.58. The SMILES string of the molecule is O=S(=O)(c1ccc(CBr)cc1)N1CCn2ccnc2C1. The molecule has 1 aromatic heterocycles. The molecule has 0 amide bonds. The maximum Gasteiger partial charge on any atom is 0.243 e. The standard InChI is InChI=1S/C13H14BrN3O2S/c14-9-11-1-3-12(4-2-11)20(18,19)17-8-7-16-6-5-15-13(16)10-17/h1-6H,7-10H2.